The Balaban J connectivity index is 2.02. The number of hydrogen-bond donors (Lipinski definition) is 1. The molecule has 6 heteroatoms. The zero-order valence-corrected chi connectivity index (χ0v) is 14.9. The Bertz CT molecular complexity index is 623. The zero-order valence-electron chi connectivity index (χ0n) is 14.9. The number of hydrogen-bond acceptors (Lipinski definition) is 5. The van der Waals surface area contributed by atoms with E-state index >= 15 is 0 Å². The van der Waals surface area contributed by atoms with Crippen molar-refractivity contribution in [2.75, 3.05) is 7.11 Å². The lowest BCUT2D eigenvalue weighted by molar-refractivity contribution is -0.159. The van der Waals surface area contributed by atoms with Gasteiger partial charge in [0.1, 0.15) is 11.8 Å². The van der Waals surface area contributed by atoms with Gasteiger partial charge in [0.2, 0.25) is 0 Å². The van der Waals surface area contributed by atoms with E-state index in [0.717, 1.165) is 12.8 Å². The Hall–Kier alpha value is -2.37. The fourth-order valence-corrected chi connectivity index (χ4v) is 2.75. The Labute approximate surface area is 147 Å². The molecule has 2 rings (SSSR count). The molecule has 0 unspecified atom stereocenters. The fourth-order valence-electron chi connectivity index (χ4n) is 2.75. The molecule has 25 heavy (non-hydrogen) atoms. The molecule has 0 aromatic heterocycles. The summed E-state index contributed by atoms with van der Waals surface area (Å²) in [5.41, 5.74) is 0.424. The maximum atomic E-state index is 12.5. The molecule has 1 aromatic carbocycles. The largest absolute Gasteiger partial charge is 0.497 e. The monoisotopic (exact) mass is 347 g/mol. The van der Waals surface area contributed by atoms with Crippen molar-refractivity contribution in [2.45, 2.75) is 51.7 Å². The summed E-state index contributed by atoms with van der Waals surface area (Å²) in [6.07, 6.45) is 2.04. The van der Waals surface area contributed by atoms with Crippen LogP contribution in [0.1, 0.15) is 49.9 Å². The van der Waals surface area contributed by atoms with E-state index in [2.05, 4.69) is 5.32 Å². The SMILES string of the molecule is COc1ccc(C(=O)N[C@H](C(=O)O[C@H]2CCCCC2=O)C(C)C)cc1. The van der Waals surface area contributed by atoms with Crippen LogP contribution in [-0.2, 0) is 14.3 Å². The summed E-state index contributed by atoms with van der Waals surface area (Å²) in [6.45, 7) is 3.64. The molecule has 1 N–H and O–H groups in total. The van der Waals surface area contributed by atoms with E-state index in [9.17, 15) is 14.4 Å². The molecule has 1 fully saturated rings. The summed E-state index contributed by atoms with van der Waals surface area (Å²) in [7, 11) is 1.55. The Morgan fingerprint density at radius 2 is 1.84 bits per heavy atom. The number of amides is 1. The van der Waals surface area contributed by atoms with Crippen LogP contribution < -0.4 is 10.1 Å². The minimum atomic E-state index is -0.802. The smallest absolute Gasteiger partial charge is 0.329 e. The summed E-state index contributed by atoms with van der Waals surface area (Å²) in [6, 6.07) is 5.81. The van der Waals surface area contributed by atoms with Gasteiger partial charge in [-0.05, 0) is 49.4 Å². The van der Waals surface area contributed by atoms with Gasteiger partial charge in [0.15, 0.2) is 11.9 Å². The number of ether oxygens (including phenoxy) is 2. The molecule has 1 aromatic rings. The maximum absolute atomic E-state index is 12.5. The highest BCUT2D eigenvalue weighted by molar-refractivity contribution is 5.97. The van der Waals surface area contributed by atoms with Crippen molar-refractivity contribution in [2.24, 2.45) is 5.92 Å². The first kappa shape index (κ1) is 19.0. The molecule has 0 saturated heterocycles. The Morgan fingerprint density at radius 3 is 2.40 bits per heavy atom. The van der Waals surface area contributed by atoms with Crippen LogP contribution in [0.5, 0.6) is 5.75 Å². The van der Waals surface area contributed by atoms with E-state index in [1.54, 1.807) is 31.4 Å². The Morgan fingerprint density at radius 1 is 1.16 bits per heavy atom. The molecule has 1 aliphatic carbocycles. The van der Waals surface area contributed by atoms with Crippen LogP contribution in [-0.4, -0.2) is 36.9 Å². The maximum Gasteiger partial charge on any atom is 0.329 e. The second kappa shape index (κ2) is 8.65. The van der Waals surface area contributed by atoms with Gasteiger partial charge in [0.25, 0.3) is 5.91 Å². The molecule has 1 saturated carbocycles. The lowest BCUT2D eigenvalue weighted by atomic mass is 9.96. The van der Waals surface area contributed by atoms with Crippen molar-refractivity contribution < 1.29 is 23.9 Å². The van der Waals surface area contributed by atoms with Crippen LogP contribution in [0.25, 0.3) is 0 Å². The third-order valence-corrected chi connectivity index (χ3v) is 4.32. The topological polar surface area (TPSA) is 81.7 Å². The van der Waals surface area contributed by atoms with Crippen LogP contribution in [0.15, 0.2) is 24.3 Å². The van der Waals surface area contributed by atoms with Crippen LogP contribution >= 0.6 is 0 Å². The summed E-state index contributed by atoms with van der Waals surface area (Å²) >= 11 is 0. The summed E-state index contributed by atoms with van der Waals surface area (Å²) in [5, 5.41) is 2.71. The van der Waals surface area contributed by atoms with Crippen molar-refractivity contribution in [1.82, 2.24) is 5.32 Å². The number of carbonyl (C=O) groups is 3. The van der Waals surface area contributed by atoms with Gasteiger partial charge in [-0.2, -0.15) is 0 Å². The molecule has 136 valence electrons. The van der Waals surface area contributed by atoms with Gasteiger partial charge in [0.05, 0.1) is 7.11 Å². The van der Waals surface area contributed by atoms with Gasteiger partial charge in [-0.3, -0.25) is 9.59 Å². The first-order chi connectivity index (χ1) is 11.9. The molecule has 0 heterocycles. The molecule has 2 atom stereocenters. The van der Waals surface area contributed by atoms with Crippen LogP contribution in [0.2, 0.25) is 0 Å². The van der Waals surface area contributed by atoms with Crippen molar-refractivity contribution >= 4 is 17.7 Å². The second-order valence-electron chi connectivity index (χ2n) is 6.56. The van der Waals surface area contributed by atoms with Crippen molar-refractivity contribution in [1.29, 1.82) is 0 Å². The number of benzene rings is 1. The number of carbonyl (C=O) groups excluding carboxylic acids is 3. The molecule has 0 radical (unpaired) electrons. The van der Waals surface area contributed by atoms with E-state index < -0.39 is 18.1 Å². The average molecular weight is 347 g/mol. The van der Waals surface area contributed by atoms with Gasteiger partial charge in [-0.25, -0.2) is 4.79 Å². The van der Waals surface area contributed by atoms with E-state index in [1.165, 1.54) is 0 Å². The van der Waals surface area contributed by atoms with Gasteiger partial charge in [-0.1, -0.05) is 13.8 Å². The molecule has 0 bridgehead atoms. The van der Waals surface area contributed by atoms with E-state index in [1.807, 2.05) is 13.8 Å². The van der Waals surface area contributed by atoms with Crippen LogP contribution in [0.4, 0.5) is 0 Å². The molecular weight excluding hydrogens is 322 g/mol. The van der Waals surface area contributed by atoms with E-state index in [0.29, 0.717) is 24.2 Å². The highest BCUT2D eigenvalue weighted by atomic mass is 16.5. The minimum Gasteiger partial charge on any atom is -0.497 e. The summed E-state index contributed by atoms with van der Waals surface area (Å²) < 4.78 is 10.4. The van der Waals surface area contributed by atoms with E-state index in [4.69, 9.17) is 9.47 Å². The molecule has 0 spiro atoms. The normalized spacial score (nSPS) is 18.6. The lowest BCUT2D eigenvalue weighted by Gasteiger charge is -2.26. The predicted octanol–water partition coefficient (Wildman–Crippen LogP) is 2.50. The highest BCUT2D eigenvalue weighted by Gasteiger charge is 2.31. The number of nitrogens with one attached hydrogen (secondary N) is 1. The Kier molecular flexibility index (Phi) is 6.56. The number of rotatable bonds is 6. The summed E-state index contributed by atoms with van der Waals surface area (Å²) in [5.74, 6) is -0.477. The number of esters is 1. The van der Waals surface area contributed by atoms with Gasteiger partial charge in [-0.15, -0.1) is 0 Å². The van der Waals surface area contributed by atoms with Gasteiger partial charge < -0.3 is 14.8 Å². The number of ketones is 1. The highest BCUT2D eigenvalue weighted by Crippen LogP contribution is 2.19. The van der Waals surface area contributed by atoms with E-state index in [-0.39, 0.29) is 17.6 Å². The zero-order chi connectivity index (χ0) is 18.4. The number of methoxy groups -OCH3 is 1. The standard InChI is InChI=1S/C19H25NO5/c1-12(2)17(19(23)25-16-7-5-4-6-15(16)21)20-18(22)13-8-10-14(24-3)11-9-13/h8-12,16-17H,4-7H2,1-3H3,(H,20,22)/t16-,17-/m0/s1. The first-order valence-corrected chi connectivity index (χ1v) is 8.60. The van der Waals surface area contributed by atoms with Gasteiger partial charge in [0, 0.05) is 12.0 Å². The molecular formula is C19H25NO5. The molecule has 6 nitrogen and oxygen atoms in total. The molecule has 0 aliphatic heterocycles. The van der Waals surface area contributed by atoms with Crippen LogP contribution in [0, 0.1) is 5.92 Å². The third-order valence-electron chi connectivity index (χ3n) is 4.32. The van der Waals surface area contributed by atoms with Crippen LogP contribution in [0.3, 0.4) is 0 Å². The number of Topliss-reactive ketones (excluding diaryl/α,β-unsaturated/α-hetero) is 1. The molecule has 1 aliphatic rings. The minimum absolute atomic E-state index is 0.0383. The summed E-state index contributed by atoms with van der Waals surface area (Å²) in [4.78, 5) is 36.7. The lowest BCUT2D eigenvalue weighted by Crippen LogP contribution is -2.47. The fraction of sp³-hybridized carbons (Fsp3) is 0.526. The average Bonchev–Trinajstić information content (AvgIpc) is 2.61. The van der Waals surface area contributed by atoms with Crippen molar-refractivity contribution in [3.63, 3.8) is 0 Å². The first-order valence-electron chi connectivity index (χ1n) is 8.60. The van der Waals surface area contributed by atoms with Gasteiger partial charge >= 0.3 is 5.97 Å². The van der Waals surface area contributed by atoms with Crippen molar-refractivity contribution in [3.05, 3.63) is 29.8 Å². The molecule has 1 amide bonds. The second-order valence-corrected chi connectivity index (χ2v) is 6.56. The quantitative estimate of drug-likeness (QED) is 0.800. The predicted molar refractivity (Wildman–Crippen MR) is 92.4 cm³/mol. The third kappa shape index (κ3) is 5.05. The van der Waals surface area contributed by atoms with Crippen molar-refractivity contribution in [3.8, 4) is 5.75 Å².